The van der Waals surface area contributed by atoms with Gasteiger partial charge >= 0.3 is 0 Å². The number of anilines is 3. The van der Waals surface area contributed by atoms with Gasteiger partial charge in [-0.25, -0.2) is 9.67 Å². The Balaban J connectivity index is 1.38. The second-order valence-electron chi connectivity index (χ2n) is 6.53. The maximum absolute atomic E-state index is 5.80. The summed E-state index contributed by atoms with van der Waals surface area (Å²) in [4.78, 5) is 4.87. The van der Waals surface area contributed by atoms with Crippen molar-refractivity contribution in [2.75, 3.05) is 10.6 Å². The first-order valence-corrected chi connectivity index (χ1v) is 10.6. The van der Waals surface area contributed by atoms with Crippen molar-refractivity contribution < 1.29 is 4.42 Å². The molecule has 2 heterocycles. The second kappa shape index (κ2) is 8.10. The lowest BCUT2D eigenvalue weighted by atomic mass is 10.1. The van der Waals surface area contributed by atoms with Gasteiger partial charge in [-0.05, 0) is 48.6 Å². The van der Waals surface area contributed by atoms with E-state index in [-0.39, 0.29) is 0 Å². The van der Waals surface area contributed by atoms with E-state index in [1.807, 2.05) is 72.8 Å². The number of benzene rings is 3. The van der Waals surface area contributed by atoms with Crippen LogP contribution in [-0.2, 0) is 6.67 Å². The summed E-state index contributed by atoms with van der Waals surface area (Å²) >= 11 is 6.97. The molecule has 0 aliphatic carbocycles. The van der Waals surface area contributed by atoms with Gasteiger partial charge in [0.25, 0.3) is 4.84 Å². The van der Waals surface area contributed by atoms with Gasteiger partial charge in [0.2, 0.25) is 5.89 Å². The minimum atomic E-state index is 0.299. The summed E-state index contributed by atoms with van der Waals surface area (Å²) < 4.78 is 8.55. The molecule has 0 aliphatic heterocycles. The third-order valence-corrected chi connectivity index (χ3v) is 5.78. The maximum atomic E-state index is 5.80. The van der Waals surface area contributed by atoms with Gasteiger partial charge in [-0.1, -0.05) is 53.8 Å². The van der Waals surface area contributed by atoms with Crippen molar-refractivity contribution in [2.45, 2.75) is 6.67 Å². The lowest BCUT2D eigenvalue weighted by Gasteiger charge is -2.09. The van der Waals surface area contributed by atoms with Crippen LogP contribution in [0.5, 0.6) is 0 Å². The van der Waals surface area contributed by atoms with Crippen LogP contribution in [0.1, 0.15) is 0 Å². The molecule has 30 heavy (non-hydrogen) atoms. The molecule has 5 rings (SSSR count). The van der Waals surface area contributed by atoms with Gasteiger partial charge in [0, 0.05) is 5.69 Å². The normalized spacial score (nSPS) is 10.9. The van der Waals surface area contributed by atoms with Crippen molar-refractivity contribution in [1.29, 1.82) is 0 Å². The Kier molecular flexibility index (Phi) is 5.00. The Morgan fingerprint density at radius 2 is 1.70 bits per heavy atom. The van der Waals surface area contributed by atoms with Gasteiger partial charge in [0.1, 0.15) is 6.67 Å². The average Bonchev–Trinajstić information content (AvgIpc) is 3.36. The highest BCUT2D eigenvalue weighted by Crippen LogP contribution is 2.30. The number of nitrogens with zero attached hydrogens (tertiary/aromatic N) is 3. The summed E-state index contributed by atoms with van der Waals surface area (Å²) in [6.45, 7) is 0.371. The fourth-order valence-corrected chi connectivity index (χ4v) is 4.10. The smallest absolute Gasteiger partial charge is 0.289 e. The van der Waals surface area contributed by atoms with E-state index in [2.05, 4.69) is 26.8 Å². The van der Waals surface area contributed by atoms with Gasteiger partial charge < -0.3 is 15.1 Å². The first-order chi connectivity index (χ1) is 14.8. The molecule has 6 nitrogen and oxygen atoms in total. The molecule has 3 aromatic carbocycles. The predicted octanol–water partition coefficient (Wildman–Crippen LogP) is 6.30. The average molecular weight is 432 g/mol. The summed E-state index contributed by atoms with van der Waals surface area (Å²) in [6.07, 6.45) is 0. The highest BCUT2D eigenvalue weighted by Gasteiger charge is 2.13. The Bertz CT molecular complexity index is 1320. The number of hydrogen-bond acceptors (Lipinski definition) is 7. The van der Waals surface area contributed by atoms with Gasteiger partial charge in [0.05, 0.1) is 21.5 Å². The van der Waals surface area contributed by atoms with E-state index in [4.69, 9.17) is 16.6 Å². The van der Waals surface area contributed by atoms with Crippen LogP contribution in [0.2, 0.25) is 0 Å². The number of rotatable bonds is 6. The summed E-state index contributed by atoms with van der Waals surface area (Å²) in [5, 5.41) is 12.1. The second-order valence-corrected chi connectivity index (χ2v) is 7.91. The molecule has 0 unspecified atom stereocenters. The molecule has 0 atom stereocenters. The first kappa shape index (κ1) is 18.5. The van der Waals surface area contributed by atoms with Gasteiger partial charge in [-0.3, -0.25) is 0 Å². The minimum absolute atomic E-state index is 0.299. The number of aromatic nitrogens is 3. The topological polar surface area (TPSA) is 67.9 Å². The Hall–Kier alpha value is -3.49. The third-order valence-electron chi connectivity index (χ3n) is 4.49. The number of para-hydroxylation sites is 3. The van der Waals surface area contributed by atoms with E-state index in [0.717, 1.165) is 32.3 Å². The van der Waals surface area contributed by atoms with Crippen molar-refractivity contribution in [1.82, 2.24) is 14.8 Å². The first-order valence-electron chi connectivity index (χ1n) is 9.35. The predicted molar refractivity (Wildman–Crippen MR) is 124 cm³/mol. The SMILES string of the molecule is S=c1oc(-c2ccccc2Nc2ccccc2)nn1CNc1nc2ccccc2s1. The lowest BCUT2D eigenvalue weighted by Crippen LogP contribution is -2.09. The van der Waals surface area contributed by atoms with Crippen LogP contribution in [0.4, 0.5) is 16.5 Å². The fourth-order valence-electron chi connectivity index (χ4n) is 3.06. The van der Waals surface area contributed by atoms with Crippen LogP contribution in [0, 0.1) is 4.84 Å². The maximum Gasteiger partial charge on any atom is 0.289 e. The highest BCUT2D eigenvalue weighted by molar-refractivity contribution is 7.71. The molecule has 0 radical (unpaired) electrons. The summed E-state index contributed by atoms with van der Waals surface area (Å²) in [7, 11) is 0. The third kappa shape index (κ3) is 3.83. The van der Waals surface area contributed by atoms with E-state index >= 15 is 0 Å². The zero-order valence-corrected chi connectivity index (χ0v) is 17.4. The molecule has 8 heteroatoms. The zero-order valence-electron chi connectivity index (χ0n) is 15.8. The van der Waals surface area contributed by atoms with Gasteiger partial charge in [0.15, 0.2) is 5.13 Å². The van der Waals surface area contributed by atoms with E-state index in [1.165, 1.54) is 0 Å². The van der Waals surface area contributed by atoms with Crippen molar-refractivity contribution in [3.63, 3.8) is 0 Å². The van der Waals surface area contributed by atoms with Crippen LogP contribution in [0.25, 0.3) is 21.7 Å². The van der Waals surface area contributed by atoms with Gasteiger partial charge in [-0.2, -0.15) is 0 Å². The van der Waals surface area contributed by atoms with E-state index in [1.54, 1.807) is 16.0 Å². The van der Waals surface area contributed by atoms with E-state index < -0.39 is 0 Å². The Labute approximate surface area is 181 Å². The molecule has 0 bridgehead atoms. The van der Waals surface area contributed by atoms with Crippen molar-refractivity contribution in [3.8, 4) is 11.5 Å². The molecule has 2 N–H and O–H groups in total. The molecule has 0 saturated carbocycles. The number of hydrogen-bond donors (Lipinski definition) is 2. The van der Waals surface area contributed by atoms with Crippen molar-refractivity contribution >= 4 is 50.3 Å². The van der Waals surface area contributed by atoms with Crippen LogP contribution in [0.3, 0.4) is 0 Å². The largest absolute Gasteiger partial charge is 0.409 e. The number of thiazole rings is 1. The quantitative estimate of drug-likeness (QED) is 0.308. The zero-order chi connectivity index (χ0) is 20.3. The van der Waals surface area contributed by atoms with Crippen molar-refractivity contribution in [3.05, 3.63) is 83.7 Å². The fraction of sp³-hybridized carbons (Fsp3) is 0.0455. The van der Waals surface area contributed by atoms with E-state index in [9.17, 15) is 0 Å². The molecule has 0 saturated heterocycles. The number of fused-ring (bicyclic) bond motifs is 1. The lowest BCUT2D eigenvalue weighted by molar-refractivity contribution is 0.522. The summed E-state index contributed by atoms with van der Waals surface area (Å²) in [5.74, 6) is 0.463. The van der Waals surface area contributed by atoms with Crippen LogP contribution in [0.15, 0.2) is 83.3 Å². The van der Waals surface area contributed by atoms with Gasteiger partial charge in [-0.15, -0.1) is 5.10 Å². The molecule has 0 aliphatic rings. The summed E-state index contributed by atoms with van der Waals surface area (Å²) in [6, 6.07) is 25.8. The molecule has 0 amide bonds. The van der Waals surface area contributed by atoms with Crippen molar-refractivity contribution in [2.24, 2.45) is 0 Å². The number of nitrogens with one attached hydrogen (secondary N) is 2. The molecule has 148 valence electrons. The monoisotopic (exact) mass is 431 g/mol. The molecule has 0 fully saturated rings. The summed E-state index contributed by atoms with van der Waals surface area (Å²) in [5.41, 5.74) is 3.69. The molecule has 5 aromatic rings. The molecular weight excluding hydrogens is 414 g/mol. The van der Waals surface area contributed by atoms with Crippen LogP contribution in [-0.4, -0.2) is 14.8 Å². The Morgan fingerprint density at radius 1 is 0.933 bits per heavy atom. The van der Waals surface area contributed by atoms with E-state index in [0.29, 0.717) is 17.4 Å². The van der Waals surface area contributed by atoms with Crippen LogP contribution < -0.4 is 10.6 Å². The Morgan fingerprint density at radius 3 is 2.57 bits per heavy atom. The molecule has 2 aromatic heterocycles. The molecular formula is C22H17N5OS2. The molecule has 0 spiro atoms. The highest BCUT2D eigenvalue weighted by atomic mass is 32.1. The van der Waals surface area contributed by atoms with Crippen LogP contribution >= 0.6 is 23.6 Å². The standard InChI is InChI=1S/C22H17N5OS2/c29-22-27(14-23-21-25-18-12-6-7-13-19(18)30-21)26-20(28-22)16-10-4-5-11-17(16)24-15-8-2-1-3-9-15/h1-13,24H,14H2,(H,23,25). The minimum Gasteiger partial charge on any atom is -0.409 e.